The zero-order valence-electron chi connectivity index (χ0n) is 9.40. The van der Waals surface area contributed by atoms with Crippen LogP contribution in [-0.2, 0) is 6.54 Å². The molecule has 5 heteroatoms. The van der Waals surface area contributed by atoms with Crippen molar-refractivity contribution in [2.45, 2.75) is 6.54 Å². The number of hydrogen-bond acceptors (Lipinski definition) is 3. The van der Waals surface area contributed by atoms with Crippen LogP contribution < -0.4 is 10.6 Å². The Kier molecular flexibility index (Phi) is 3.49. The molecule has 0 saturated carbocycles. The molecule has 0 aliphatic rings. The van der Waals surface area contributed by atoms with Gasteiger partial charge in [0.15, 0.2) is 0 Å². The fourth-order valence-electron chi connectivity index (χ4n) is 1.71. The molecule has 88 valence electrons. The lowest BCUT2D eigenvalue weighted by Gasteiger charge is -2.07. The third-order valence-electron chi connectivity index (χ3n) is 2.51. The Hall–Kier alpha value is -1.75. The van der Waals surface area contributed by atoms with Gasteiger partial charge in [0.1, 0.15) is 5.82 Å². The maximum absolute atomic E-state index is 10.7. The van der Waals surface area contributed by atoms with Crippen LogP contribution in [0.3, 0.4) is 0 Å². The third kappa shape index (κ3) is 2.68. The molecule has 0 atom stereocenters. The van der Waals surface area contributed by atoms with E-state index < -0.39 is 0 Å². The number of hydrogen-bond donors (Lipinski definition) is 3. The summed E-state index contributed by atoms with van der Waals surface area (Å²) in [4.78, 5) is 15.0. The van der Waals surface area contributed by atoms with Crippen molar-refractivity contribution in [2.75, 3.05) is 12.4 Å². The first kappa shape index (κ1) is 11.7. The van der Waals surface area contributed by atoms with Gasteiger partial charge in [-0.15, -0.1) is 0 Å². The Balaban J connectivity index is 2.34. The van der Waals surface area contributed by atoms with Crippen molar-refractivity contribution in [1.29, 1.82) is 0 Å². The smallest absolute Gasteiger partial charge is 0.276 e. The molecule has 2 aromatic rings. The van der Waals surface area contributed by atoms with Gasteiger partial charge in [0.25, 0.3) is 5.24 Å². The van der Waals surface area contributed by atoms with Crippen molar-refractivity contribution in [3.8, 4) is 0 Å². The highest BCUT2D eigenvalue weighted by Crippen LogP contribution is 2.21. The highest BCUT2D eigenvalue weighted by atomic mass is 32.1. The predicted octanol–water partition coefficient (Wildman–Crippen LogP) is 2.42. The third-order valence-corrected chi connectivity index (χ3v) is 2.67. The number of anilines is 1. The van der Waals surface area contributed by atoms with Gasteiger partial charge in [-0.1, -0.05) is 24.8 Å². The van der Waals surface area contributed by atoms with Gasteiger partial charge in [-0.05, 0) is 23.1 Å². The zero-order chi connectivity index (χ0) is 12.3. The first-order chi connectivity index (χ1) is 8.20. The van der Waals surface area contributed by atoms with Gasteiger partial charge in [-0.25, -0.2) is 4.98 Å². The molecule has 0 bridgehead atoms. The molecule has 0 aliphatic heterocycles. The summed E-state index contributed by atoms with van der Waals surface area (Å²) in [5, 5.41) is 7.53. The van der Waals surface area contributed by atoms with Crippen molar-refractivity contribution >= 4 is 34.5 Å². The van der Waals surface area contributed by atoms with E-state index in [2.05, 4.69) is 28.2 Å². The molecule has 1 aromatic carbocycles. The molecular formula is C12H13N3OS. The van der Waals surface area contributed by atoms with Gasteiger partial charge < -0.3 is 10.6 Å². The normalized spacial score (nSPS) is 10.2. The van der Waals surface area contributed by atoms with Crippen LogP contribution in [0.2, 0.25) is 0 Å². The van der Waals surface area contributed by atoms with Crippen LogP contribution >= 0.6 is 12.6 Å². The predicted molar refractivity (Wildman–Crippen MR) is 72.5 cm³/mol. The SMILES string of the molecule is CNc1nccc2cc(CNC(=O)S)ccc12. The van der Waals surface area contributed by atoms with E-state index in [4.69, 9.17) is 0 Å². The zero-order valence-corrected chi connectivity index (χ0v) is 10.3. The highest BCUT2D eigenvalue weighted by Gasteiger charge is 2.02. The monoisotopic (exact) mass is 247 g/mol. The summed E-state index contributed by atoms with van der Waals surface area (Å²) in [6.07, 6.45) is 1.76. The summed E-state index contributed by atoms with van der Waals surface area (Å²) in [6.45, 7) is 0.482. The number of benzene rings is 1. The van der Waals surface area contributed by atoms with Crippen LogP contribution in [0.15, 0.2) is 30.5 Å². The summed E-state index contributed by atoms with van der Waals surface area (Å²) in [6, 6.07) is 7.94. The van der Waals surface area contributed by atoms with Gasteiger partial charge in [0, 0.05) is 25.2 Å². The molecule has 17 heavy (non-hydrogen) atoms. The van der Waals surface area contributed by atoms with Crippen molar-refractivity contribution in [2.24, 2.45) is 0 Å². The standard InChI is InChI=1S/C12H13N3OS/c1-13-11-10-3-2-8(7-15-12(16)17)6-9(10)4-5-14-11/h2-6H,7H2,1H3,(H,13,14)(H2,15,16,17). The second kappa shape index (κ2) is 5.05. The summed E-state index contributed by atoms with van der Waals surface area (Å²) < 4.78 is 0. The first-order valence-electron chi connectivity index (χ1n) is 5.23. The summed E-state index contributed by atoms with van der Waals surface area (Å²) in [7, 11) is 1.84. The van der Waals surface area contributed by atoms with Gasteiger partial charge in [0.05, 0.1) is 0 Å². The molecule has 1 aromatic heterocycles. The van der Waals surface area contributed by atoms with Crippen LogP contribution in [-0.4, -0.2) is 17.3 Å². The maximum atomic E-state index is 10.7. The van der Waals surface area contributed by atoms with Crippen LogP contribution in [0.4, 0.5) is 10.6 Å². The van der Waals surface area contributed by atoms with Crippen LogP contribution in [0, 0.1) is 0 Å². The molecule has 0 aliphatic carbocycles. The van der Waals surface area contributed by atoms with E-state index in [0.29, 0.717) is 6.54 Å². The van der Waals surface area contributed by atoms with E-state index in [1.165, 1.54) is 0 Å². The first-order valence-corrected chi connectivity index (χ1v) is 5.67. The summed E-state index contributed by atoms with van der Waals surface area (Å²) >= 11 is 3.66. The second-order valence-corrected chi connectivity index (χ2v) is 4.03. The number of nitrogens with one attached hydrogen (secondary N) is 2. The molecular weight excluding hydrogens is 234 g/mol. The molecule has 1 heterocycles. The summed E-state index contributed by atoms with van der Waals surface area (Å²) in [5.74, 6) is 0.854. The minimum absolute atomic E-state index is 0.323. The van der Waals surface area contributed by atoms with Crippen molar-refractivity contribution in [1.82, 2.24) is 10.3 Å². The Morgan fingerprint density at radius 2 is 2.24 bits per heavy atom. The van der Waals surface area contributed by atoms with Crippen molar-refractivity contribution in [3.05, 3.63) is 36.0 Å². The molecule has 4 nitrogen and oxygen atoms in total. The minimum atomic E-state index is -0.323. The fourth-order valence-corrected chi connectivity index (χ4v) is 1.79. The molecule has 0 spiro atoms. The van der Waals surface area contributed by atoms with E-state index >= 15 is 0 Å². The molecule has 1 amide bonds. The minimum Gasteiger partial charge on any atom is -0.373 e. The molecule has 2 N–H and O–H groups in total. The van der Waals surface area contributed by atoms with Crippen LogP contribution in [0.25, 0.3) is 10.8 Å². The average molecular weight is 247 g/mol. The lowest BCUT2D eigenvalue weighted by molar-refractivity contribution is 0.260. The van der Waals surface area contributed by atoms with Gasteiger partial charge in [-0.2, -0.15) is 0 Å². The highest BCUT2D eigenvalue weighted by molar-refractivity contribution is 7.96. The lowest BCUT2D eigenvalue weighted by Crippen LogP contribution is -2.15. The van der Waals surface area contributed by atoms with E-state index in [1.54, 1.807) is 6.20 Å². The Morgan fingerprint density at radius 3 is 2.94 bits per heavy atom. The van der Waals surface area contributed by atoms with Gasteiger partial charge in [0.2, 0.25) is 0 Å². The number of aromatic nitrogens is 1. The molecule has 0 fully saturated rings. The molecule has 0 saturated heterocycles. The Labute approximate surface area is 105 Å². The van der Waals surface area contributed by atoms with Crippen molar-refractivity contribution in [3.63, 3.8) is 0 Å². The summed E-state index contributed by atoms with van der Waals surface area (Å²) in [5.41, 5.74) is 1.04. The number of carbonyl (C=O) groups is 1. The lowest BCUT2D eigenvalue weighted by atomic mass is 10.1. The quantitative estimate of drug-likeness (QED) is 0.730. The second-order valence-electron chi connectivity index (χ2n) is 3.62. The average Bonchev–Trinajstić information content (AvgIpc) is 2.35. The Bertz CT molecular complexity index is 556. The number of carbonyl (C=O) groups excluding carboxylic acids is 1. The number of fused-ring (bicyclic) bond motifs is 1. The molecule has 0 radical (unpaired) electrons. The fraction of sp³-hybridized carbons (Fsp3) is 0.167. The number of nitrogens with zero attached hydrogens (tertiary/aromatic N) is 1. The number of amides is 1. The van der Waals surface area contributed by atoms with Crippen LogP contribution in [0.1, 0.15) is 5.56 Å². The van der Waals surface area contributed by atoms with Gasteiger partial charge >= 0.3 is 0 Å². The number of pyridine rings is 1. The van der Waals surface area contributed by atoms with E-state index in [0.717, 1.165) is 22.2 Å². The van der Waals surface area contributed by atoms with Crippen LogP contribution in [0.5, 0.6) is 0 Å². The maximum Gasteiger partial charge on any atom is 0.276 e. The van der Waals surface area contributed by atoms with E-state index in [1.807, 2.05) is 31.3 Å². The topological polar surface area (TPSA) is 54.0 Å². The number of rotatable bonds is 3. The number of thiol groups is 1. The van der Waals surface area contributed by atoms with E-state index in [-0.39, 0.29) is 5.24 Å². The largest absolute Gasteiger partial charge is 0.373 e. The Morgan fingerprint density at radius 1 is 1.41 bits per heavy atom. The van der Waals surface area contributed by atoms with Gasteiger partial charge in [-0.3, -0.25) is 4.79 Å². The molecule has 2 rings (SSSR count). The van der Waals surface area contributed by atoms with E-state index in [9.17, 15) is 4.79 Å². The van der Waals surface area contributed by atoms with Crippen molar-refractivity contribution < 1.29 is 4.79 Å². The molecule has 0 unspecified atom stereocenters.